The number of allylic oxidation sites excluding steroid dienone is 2. The molecule has 0 spiro atoms. The Morgan fingerprint density at radius 2 is 0.969 bits per heavy atom. The summed E-state index contributed by atoms with van der Waals surface area (Å²) in [7, 11) is 0. The standard InChI is InChI=1S/C66H108O31/c1-25-36(70)40(74)45(79)55(87-25)95-52-31(22-68)91-54(49(83)44(52)78)86-23-32-39(73)43(77)48(82)58(92-32)97-60(85)66-18-16-61(4,5)20-29(66)28-10-11-34-62(6)14-13-35(63(7,24-69)33(62)12-15-65(34,9)64(28,8)17-19-66)93-59-53(96-56-46(80)41(75)37(71)26(2)88-56)50(84)51(27(3)89-59)94-57-47(81)42(76)38(72)30(21-67)90-57/h10,25-27,29-59,67-84H,11-24H2,1-9H3. The van der Waals surface area contributed by atoms with Crippen molar-refractivity contribution in [1.82, 2.24) is 0 Å². The van der Waals surface area contributed by atoms with E-state index in [0.29, 0.717) is 64.2 Å². The molecule has 97 heavy (non-hydrogen) atoms. The third-order valence-corrected chi connectivity index (χ3v) is 25.7. The molecule has 558 valence electrons. The van der Waals surface area contributed by atoms with Gasteiger partial charge in [-0.3, -0.25) is 4.79 Å². The van der Waals surface area contributed by atoms with Crippen LogP contribution in [0, 0.1) is 50.2 Å². The van der Waals surface area contributed by atoms with Gasteiger partial charge < -0.3 is 149 Å². The highest BCUT2D eigenvalue weighted by Crippen LogP contribution is 2.76. The topological polar surface area (TPSA) is 492 Å². The summed E-state index contributed by atoms with van der Waals surface area (Å²) >= 11 is 0. The quantitative estimate of drug-likeness (QED) is 0.0395. The number of hydrogen-bond donors (Lipinski definition) is 18. The van der Waals surface area contributed by atoms with Crippen molar-refractivity contribution in [3.8, 4) is 0 Å². The van der Waals surface area contributed by atoms with Crippen molar-refractivity contribution in [2.45, 2.75) is 317 Å². The molecule has 11 aliphatic rings. The van der Waals surface area contributed by atoms with Crippen molar-refractivity contribution in [3.63, 3.8) is 0 Å². The molecule has 0 aromatic carbocycles. The maximum absolute atomic E-state index is 15.4. The van der Waals surface area contributed by atoms with E-state index in [4.69, 9.17) is 56.8 Å². The first kappa shape index (κ1) is 76.2. The van der Waals surface area contributed by atoms with Gasteiger partial charge in [-0.05, 0) is 124 Å². The molecule has 6 heterocycles. The molecule has 31 heteroatoms. The molecule has 6 saturated heterocycles. The molecule has 31 nitrogen and oxygen atoms in total. The van der Waals surface area contributed by atoms with Crippen LogP contribution in [0.4, 0.5) is 0 Å². The number of aliphatic hydroxyl groups excluding tert-OH is 18. The maximum Gasteiger partial charge on any atom is 0.315 e. The van der Waals surface area contributed by atoms with Gasteiger partial charge in [0, 0.05) is 5.41 Å². The van der Waals surface area contributed by atoms with E-state index in [9.17, 15) is 91.9 Å². The van der Waals surface area contributed by atoms with Gasteiger partial charge >= 0.3 is 5.97 Å². The van der Waals surface area contributed by atoms with Crippen LogP contribution in [-0.2, 0) is 61.6 Å². The lowest BCUT2D eigenvalue weighted by atomic mass is 9.33. The average Bonchev–Trinajstić information content (AvgIpc) is 0.675. The Hall–Kier alpha value is -1.95. The summed E-state index contributed by atoms with van der Waals surface area (Å²) in [6, 6.07) is 0. The number of aliphatic hydroxyl groups is 18. The fraction of sp³-hybridized carbons (Fsp3) is 0.955. The number of esters is 1. The molecule has 0 bridgehead atoms. The summed E-state index contributed by atoms with van der Waals surface area (Å²) < 4.78 is 72.4. The third kappa shape index (κ3) is 13.1. The SMILES string of the molecule is CC1OC(OC2C(CO)OC(OCC3OC(OC(=O)C45CCC(C)(C)CC4C4=CCC6C7(C)CCC(OC8OC(C)C(OC9OC(CO)C(O)C(O)C9O)C(O)C8OC8OC(C)C(O)C(O)C8O)C(C)(CO)C7CCC6(C)C4(C)CC5)C(O)C(O)C3O)C(O)C2O)C(O)C(O)C1O. The normalized spacial score (nSPS) is 55.5. The van der Waals surface area contributed by atoms with Crippen molar-refractivity contribution >= 4 is 5.97 Å². The van der Waals surface area contributed by atoms with Crippen LogP contribution >= 0.6 is 0 Å². The van der Waals surface area contributed by atoms with Gasteiger partial charge in [-0.2, -0.15) is 0 Å². The van der Waals surface area contributed by atoms with Crippen LogP contribution in [0.15, 0.2) is 11.6 Å². The highest BCUT2D eigenvalue weighted by atomic mass is 16.8. The Labute approximate surface area is 563 Å². The zero-order valence-corrected chi connectivity index (χ0v) is 56.5. The first-order chi connectivity index (χ1) is 45.5. The number of fused-ring (bicyclic) bond motifs is 7. The Bertz CT molecular complexity index is 2730. The van der Waals surface area contributed by atoms with E-state index < -0.39 is 238 Å². The lowest BCUT2D eigenvalue weighted by Crippen LogP contribution is -2.68. The Morgan fingerprint density at radius 1 is 0.464 bits per heavy atom. The van der Waals surface area contributed by atoms with Crippen molar-refractivity contribution in [3.05, 3.63) is 11.6 Å². The van der Waals surface area contributed by atoms with Crippen LogP contribution in [0.3, 0.4) is 0 Å². The zero-order valence-electron chi connectivity index (χ0n) is 56.5. The van der Waals surface area contributed by atoms with Gasteiger partial charge in [-0.15, -0.1) is 0 Å². The summed E-state index contributed by atoms with van der Waals surface area (Å²) in [5.74, 6) is -1.12. The summed E-state index contributed by atoms with van der Waals surface area (Å²) in [6.07, 6.45) is -41.5. The summed E-state index contributed by atoms with van der Waals surface area (Å²) in [5, 5.41) is 196. The zero-order chi connectivity index (χ0) is 70.9. The highest BCUT2D eigenvalue weighted by molar-refractivity contribution is 5.79. The van der Waals surface area contributed by atoms with E-state index in [1.165, 1.54) is 13.8 Å². The number of ether oxygens (including phenoxy) is 12. The molecule has 11 rings (SSSR count). The van der Waals surface area contributed by atoms with E-state index in [1.54, 1.807) is 6.92 Å². The predicted molar refractivity (Wildman–Crippen MR) is 325 cm³/mol. The smallest absolute Gasteiger partial charge is 0.315 e. The molecular formula is C66H108O31. The first-order valence-electron chi connectivity index (χ1n) is 34.6. The molecule has 10 fully saturated rings. The van der Waals surface area contributed by atoms with Crippen LogP contribution < -0.4 is 0 Å². The van der Waals surface area contributed by atoms with Crippen molar-refractivity contribution in [1.29, 1.82) is 0 Å². The highest BCUT2D eigenvalue weighted by Gasteiger charge is 2.71. The van der Waals surface area contributed by atoms with Crippen molar-refractivity contribution < 1.29 is 154 Å². The fourth-order valence-electron chi connectivity index (χ4n) is 19.3. The van der Waals surface area contributed by atoms with Gasteiger partial charge in [-0.25, -0.2) is 0 Å². The second kappa shape index (κ2) is 28.5. The summed E-state index contributed by atoms with van der Waals surface area (Å²) in [5.41, 5.74) is -2.43. The second-order valence-corrected chi connectivity index (χ2v) is 31.7. The van der Waals surface area contributed by atoms with Crippen LogP contribution in [0.25, 0.3) is 0 Å². The minimum atomic E-state index is -1.93. The lowest BCUT2D eigenvalue weighted by Gasteiger charge is -2.71. The molecule has 5 aliphatic carbocycles. The molecule has 0 amide bonds. The lowest BCUT2D eigenvalue weighted by molar-refractivity contribution is -0.392. The molecule has 39 atom stereocenters. The monoisotopic (exact) mass is 1400 g/mol. The van der Waals surface area contributed by atoms with Crippen LogP contribution in [-0.4, -0.2) is 315 Å². The Morgan fingerprint density at radius 3 is 1.57 bits per heavy atom. The van der Waals surface area contributed by atoms with Crippen LogP contribution in [0.1, 0.15) is 127 Å². The van der Waals surface area contributed by atoms with E-state index in [-0.39, 0.29) is 35.2 Å². The van der Waals surface area contributed by atoms with E-state index in [2.05, 4.69) is 40.7 Å². The summed E-state index contributed by atoms with van der Waals surface area (Å²) in [6.45, 7) is 15.1. The Kier molecular flexibility index (Phi) is 22.4. The fourth-order valence-corrected chi connectivity index (χ4v) is 19.3. The number of hydrogen-bond acceptors (Lipinski definition) is 31. The third-order valence-electron chi connectivity index (χ3n) is 25.7. The largest absolute Gasteiger partial charge is 0.432 e. The van der Waals surface area contributed by atoms with Crippen LogP contribution in [0.2, 0.25) is 0 Å². The van der Waals surface area contributed by atoms with Crippen molar-refractivity contribution in [2.75, 3.05) is 26.4 Å². The first-order valence-corrected chi connectivity index (χ1v) is 34.6. The minimum absolute atomic E-state index is 0.0405. The summed E-state index contributed by atoms with van der Waals surface area (Å²) in [4.78, 5) is 15.4. The molecule has 39 unspecified atom stereocenters. The van der Waals surface area contributed by atoms with Gasteiger partial charge in [0.2, 0.25) is 6.29 Å². The molecule has 4 saturated carbocycles. The van der Waals surface area contributed by atoms with Gasteiger partial charge in [0.25, 0.3) is 0 Å². The number of rotatable bonds is 16. The van der Waals surface area contributed by atoms with E-state index in [0.717, 1.165) is 5.57 Å². The second-order valence-electron chi connectivity index (χ2n) is 31.7. The number of carbonyl (C=O) groups is 1. The van der Waals surface area contributed by atoms with Gasteiger partial charge in [0.1, 0.15) is 128 Å². The number of carbonyl (C=O) groups excluding carboxylic acids is 1. The maximum atomic E-state index is 15.4. The van der Waals surface area contributed by atoms with Gasteiger partial charge in [0.05, 0.1) is 56.3 Å². The minimum Gasteiger partial charge on any atom is -0.432 e. The van der Waals surface area contributed by atoms with E-state index in [1.807, 2.05) is 6.92 Å². The molecule has 0 radical (unpaired) electrons. The molecular weight excluding hydrogens is 1290 g/mol. The van der Waals surface area contributed by atoms with Gasteiger partial charge in [0.15, 0.2) is 31.5 Å². The van der Waals surface area contributed by atoms with Crippen LogP contribution in [0.5, 0.6) is 0 Å². The van der Waals surface area contributed by atoms with E-state index >= 15 is 4.79 Å². The molecule has 18 N–H and O–H groups in total. The van der Waals surface area contributed by atoms with Crippen molar-refractivity contribution in [2.24, 2.45) is 50.2 Å². The Balaban J connectivity index is 0.793. The molecule has 0 aromatic heterocycles. The molecule has 6 aliphatic heterocycles. The molecule has 0 aromatic rings. The van der Waals surface area contributed by atoms with Gasteiger partial charge in [-0.1, -0.05) is 53.2 Å². The average molecular weight is 1400 g/mol. The predicted octanol–water partition coefficient (Wildman–Crippen LogP) is -4.33.